The summed E-state index contributed by atoms with van der Waals surface area (Å²) >= 11 is 5.92. The van der Waals surface area contributed by atoms with Gasteiger partial charge in [-0.05, 0) is 61.5 Å². The number of carboxylic acids is 1. The molecule has 3 aromatic rings. The van der Waals surface area contributed by atoms with Gasteiger partial charge < -0.3 is 15.5 Å². The SMILES string of the molecule is Cc1ccc(S(=O)(=O)/N=C(/Nc2ccc(O)c(C(=O)O)c2)c2ccc(Cl)cc2)cc1. The summed E-state index contributed by atoms with van der Waals surface area (Å²) in [4.78, 5) is 11.3. The number of nitrogens with one attached hydrogen (secondary N) is 1. The molecule has 154 valence electrons. The van der Waals surface area contributed by atoms with Gasteiger partial charge in [0, 0.05) is 16.3 Å². The van der Waals surface area contributed by atoms with Crippen molar-refractivity contribution >= 4 is 39.1 Å². The Balaban J connectivity index is 2.08. The fourth-order valence-electron chi connectivity index (χ4n) is 2.56. The zero-order chi connectivity index (χ0) is 21.9. The van der Waals surface area contributed by atoms with Gasteiger partial charge in [0.15, 0.2) is 5.84 Å². The lowest BCUT2D eigenvalue weighted by molar-refractivity contribution is 0.0693. The number of hydrogen-bond donors (Lipinski definition) is 3. The molecule has 3 aromatic carbocycles. The maximum absolute atomic E-state index is 12.8. The Labute approximate surface area is 178 Å². The summed E-state index contributed by atoms with van der Waals surface area (Å²) in [5.41, 5.74) is 1.22. The average molecular weight is 445 g/mol. The first-order chi connectivity index (χ1) is 14.2. The molecule has 0 aromatic heterocycles. The normalized spacial score (nSPS) is 11.9. The molecule has 7 nitrogen and oxygen atoms in total. The van der Waals surface area contributed by atoms with E-state index in [1.165, 1.54) is 30.3 Å². The zero-order valence-electron chi connectivity index (χ0n) is 15.7. The number of phenols is 1. The Morgan fingerprint density at radius 1 is 1.00 bits per heavy atom. The van der Waals surface area contributed by atoms with Crippen molar-refractivity contribution in [2.75, 3.05) is 5.32 Å². The smallest absolute Gasteiger partial charge is 0.339 e. The minimum atomic E-state index is -4.06. The fourth-order valence-corrected chi connectivity index (χ4v) is 3.66. The molecule has 0 bridgehead atoms. The van der Waals surface area contributed by atoms with Crippen LogP contribution in [0.3, 0.4) is 0 Å². The standard InChI is InChI=1S/C21H17ClN2O5S/c1-13-2-9-17(10-3-13)30(28,29)24-20(14-4-6-15(22)7-5-14)23-16-8-11-19(25)18(12-16)21(26)27/h2-12,25H,1H3,(H,23,24)(H,26,27). The van der Waals surface area contributed by atoms with Crippen LogP contribution in [0.2, 0.25) is 5.02 Å². The minimum Gasteiger partial charge on any atom is -0.507 e. The van der Waals surface area contributed by atoms with Gasteiger partial charge in [-0.25, -0.2) is 4.79 Å². The van der Waals surface area contributed by atoms with E-state index in [1.807, 2.05) is 6.92 Å². The summed E-state index contributed by atoms with van der Waals surface area (Å²) in [5.74, 6) is -1.77. The van der Waals surface area contributed by atoms with Gasteiger partial charge in [0.1, 0.15) is 11.3 Å². The molecule has 0 unspecified atom stereocenters. The Morgan fingerprint density at radius 3 is 2.23 bits per heavy atom. The molecule has 30 heavy (non-hydrogen) atoms. The lowest BCUT2D eigenvalue weighted by atomic mass is 10.1. The number of hydrogen-bond acceptors (Lipinski definition) is 4. The Hall–Kier alpha value is -3.36. The van der Waals surface area contributed by atoms with E-state index in [4.69, 9.17) is 11.6 Å². The van der Waals surface area contributed by atoms with E-state index < -0.39 is 21.7 Å². The third-order valence-electron chi connectivity index (χ3n) is 4.14. The maximum Gasteiger partial charge on any atom is 0.339 e. The van der Waals surface area contributed by atoms with E-state index in [9.17, 15) is 23.4 Å². The second-order valence-corrected chi connectivity index (χ2v) is 8.44. The van der Waals surface area contributed by atoms with Gasteiger partial charge in [-0.2, -0.15) is 8.42 Å². The number of halogens is 1. The molecule has 0 aliphatic heterocycles. The van der Waals surface area contributed by atoms with E-state index in [0.29, 0.717) is 10.6 Å². The minimum absolute atomic E-state index is 0.0123. The molecule has 0 spiro atoms. The molecule has 0 fully saturated rings. The van der Waals surface area contributed by atoms with Crippen LogP contribution < -0.4 is 5.32 Å². The van der Waals surface area contributed by atoms with Gasteiger partial charge in [0.2, 0.25) is 0 Å². The zero-order valence-corrected chi connectivity index (χ0v) is 17.3. The first-order valence-electron chi connectivity index (χ1n) is 8.66. The highest BCUT2D eigenvalue weighted by Gasteiger charge is 2.17. The maximum atomic E-state index is 12.8. The summed E-state index contributed by atoms with van der Waals surface area (Å²) in [5, 5.41) is 22.2. The molecule has 0 atom stereocenters. The number of aromatic carboxylic acids is 1. The predicted octanol–water partition coefficient (Wildman–Crippen LogP) is 4.30. The van der Waals surface area contributed by atoms with Gasteiger partial charge in [0.25, 0.3) is 10.0 Å². The quantitative estimate of drug-likeness (QED) is 0.307. The number of rotatable bonds is 5. The van der Waals surface area contributed by atoms with Crippen LogP contribution in [0.1, 0.15) is 21.5 Å². The number of aryl methyl sites for hydroxylation is 1. The number of carboxylic acid groups (broad SMARTS) is 1. The van der Waals surface area contributed by atoms with E-state index in [1.54, 1.807) is 36.4 Å². The molecule has 0 aliphatic carbocycles. The molecule has 9 heteroatoms. The number of amidine groups is 1. The van der Waals surface area contributed by atoms with Crippen LogP contribution in [0, 0.1) is 6.92 Å². The second-order valence-electron chi connectivity index (χ2n) is 6.40. The van der Waals surface area contributed by atoms with Gasteiger partial charge >= 0.3 is 5.97 Å². The van der Waals surface area contributed by atoms with Gasteiger partial charge in [-0.1, -0.05) is 29.3 Å². The second kappa shape index (κ2) is 8.56. The van der Waals surface area contributed by atoms with Crippen LogP contribution in [0.4, 0.5) is 5.69 Å². The van der Waals surface area contributed by atoms with Crippen molar-refractivity contribution in [1.82, 2.24) is 0 Å². The van der Waals surface area contributed by atoms with E-state index in [2.05, 4.69) is 9.71 Å². The monoisotopic (exact) mass is 444 g/mol. The number of carbonyl (C=O) groups is 1. The van der Waals surface area contributed by atoms with E-state index in [-0.39, 0.29) is 22.0 Å². The highest BCUT2D eigenvalue weighted by molar-refractivity contribution is 7.90. The van der Waals surface area contributed by atoms with Crippen molar-refractivity contribution < 1.29 is 23.4 Å². The molecule has 0 amide bonds. The molecule has 0 saturated carbocycles. The van der Waals surface area contributed by atoms with Crippen LogP contribution in [0.15, 0.2) is 76.0 Å². The fraction of sp³-hybridized carbons (Fsp3) is 0.0476. The lowest BCUT2D eigenvalue weighted by Crippen LogP contribution is -2.17. The summed E-state index contributed by atoms with van der Waals surface area (Å²) in [7, 11) is -4.06. The number of aromatic hydroxyl groups is 1. The summed E-state index contributed by atoms with van der Waals surface area (Å²) in [6.07, 6.45) is 0. The molecule has 0 aliphatic rings. The van der Waals surface area contributed by atoms with Crippen molar-refractivity contribution in [2.24, 2.45) is 4.40 Å². The Bertz CT molecular complexity index is 1220. The molecule has 3 N–H and O–H groups in total. The van der Waals surface area contributed by atoms with Crippen LogP contribution in [0.25, 0.3) is 0 Å². The largest absolute Gasteiger partial charge is 0.507 e. The highest BCUT2D eigenvalue weighted by atomic mass is 35.5. The number of nitrogens with zero attached hydrogens (tertiary/aromatic N) is 1. The van der Waals surface area contributed by atoms with Crippen molar-refractivity contribution in [2.45, 2.75) is 11.8 Å². The number of anilines is 1. The van der Waals surface area contributed by atoms with Crippen LogP contribution >= 0.6 is 11.6 Å². The first-order valence-corrected chi connectivity index (χ1v) is 10.5. The number of sulfonamides is 1. The highest BCUT2D eigenvalue weighted by Crippen LogP contribution is 2.23. The van der Waals surface area contributed by atoms with Crippen LogP contribution in [0.5, 0.6) is 5.75 Å². The van der Waals surface area contributed by atoms with Gasteiger partial charge in [-0.15, -0.1) is 4.40 Å². The lowest BCUT2D eigenvalue weighted by Gasteiger charge is -2.12. The van der Waals surface area contributed by atoms with Gasteiger partial charge in [0.05, 0.1) is 4.90 Å². The van der Waals surface area contributed by atoms with Crippen molar-refractivity contribution in [3.05, 3.63) is 88.4 Å². The van der Waals surface area contributed by atoms with Crippen LogP contribution in [-0.2, 0) is 10.0 Å². The van der Waals surface area contributed by atoms with Crippen molar-refractivity contribution in [3.63, 3.8) is 0 Å². The molecule has 0 radical (unpaired) electrons. The number of benzene rings is 3. The Morgan fingerprint density at radius 2 is 1.63 bits per heavy atom. The van der Waals surface area contributed by atoms with Crippen LogP contribution in [-0.4, -0.2) is 30.4 Å². The molecule has 3 rings (SSSR count). The molecule has 0 heterocycles. The third-order valence-corrected chi connectivity index (χ3v) is 5.68. The summed E-state index contributed by atoms with van der Waals surface area (Å²) < 4.78 is 29.6. The average Bonchev–Trinajstić information content (AvgIpc) is 2.69. The van der Waals surface area contributed by atoms with E-state index >= 15 is 0 Å². The molecular formula is C21H17ClN2O5S. The predicted molar refractivity (Wildman–Crippen MR) is 115 cm³/mol. The first kappa shape index (κ1) is 21.4. The molecule has 0 saturated heterocycles. The third kappa shape index (κ3) is 4.97. The van der Waals surface area contributed by atoms with Gasteiger partial charge in [-0.3, -0.25) is 0 Å². The summed E-state index contributed by atoms with van der Waals surface area (Å²) in [6, 6.07) is 16.3. The van der Waals surface area contributed by atoms with Crippen molar-refractivity contribution in [3.8, 4) is 5.75 Å². The van der Waals surface area contributed by atoms with Crippen molar-refractivity contribution in [1.29, 1.82) is 0 Å². The summed E-state index contributed by atoms with van der Waals surface area (Å²) in [6.45, 7) is 1.84. The topological polar surface area (TPSA) is 116 Å². The molecular weight excluding hydrogens is 428 g/mol. The Kier molecular flexibility index (Phi) is 6.09. The van der Waals surface area contributed by atoms with E-state index in [0.717, 1.165) is 5.56 Å².